The smallest absolute Gasteiger partial charge is 0.237 e. The molecule has 26 heavy (non-hydrogen) atoms. The molecule has 144 valence electrons. The molecule has 1 fully saturated rings. The summed E-state index contributed by atoms with van der Waals surface area (Å²) in [5, 5.41) is 0. The Morgan fingerprint density at radius 3 is 2.27 bits per heavy atom. The Morgan fingerprint density at radius 1 is 1.04 bits per heavy atom. The molecule has 1 aromatic carbocycles. The first-order chi connectivity index (χ1) is 12.6. The summed E-state index contributed by atoms with van der Waals surface area (Å²) in [6, 6.07) is 10.4. The lowest BCUT2D eigenvalue weighted by atomic mass is 9.96. The number of benzene rings is 1. The summed E-state index contributed by atoms with van der Waals surface area (Å²) in [7, 11) is 2.05. The maximum atomic E-state index is 12.9. The summed E-state index contributed by atoms with van der Waals surface area (Å²) in [6.45, 7) is 1.29. The van der Waals surface area contributed by atoms with Gasteiger partial charge in [0, 0.05) is 25.6 Å². The molecule has 1 aromatic rings. The van der Waals surface area contributed by atoms with Crippen LogP contribution in [-0.2, 0) is 16.1 Å². The van der Waals surface area contributed by atoms with Crippen molar-refractivity contribution in [3.8, 4) is 0 Å². The van der Waals surface area contributed by atoms with E-state index < -0.39 is 0 Å². The number of hydrogen-bond donors (Lipinski definition) is 1. The number of likely N-dealkylation sites (N-methyl/N-ethyl adjacent to an activating group) is 1. The second-order valence-corrected chi connectivity index (χ2v) is 7.43. The first-order valence-electron chi connectivity index (χ1n) is 9.86. The molecule has 2 N–H and O–H groups in total. The number of amides is 2. The Hall–Kier alpha value is -1.88. The zero-order valence-corrected chi connectivity index (χ0v) is 16.0. The quantitative estimate of drug-likeness (QED) is 0.776. The first kappa shape index (κ1) is 20.4. The van der Waals surface area contributed by atoms with Crippen LogP contribution in [0.1, 0.15) is 56.9 Å². The van der Waals surface area contributed by atoms with E-state index >= 15 is 0 Å². The average molecular weight is 360 g/mol. The van der Waals surface area contributed by atoms with E-state index in [1.165, 1.54) is 44.9 Å². The van der Waals surface area contributed by atoms with Gasteiger partial charge in [-0.05, 0) is 25.5 Å². The topological polar surface area (TPSA) is 66.6 Å². The van der Waals surface area contributed by atoms with E-state index in [-0.39, 0.29) is 18.2 Å². The predicted octanol–water partition coefficient (Wildman–Crippen LogP) is 2.94. The Labute approximate surface area is 157 Å². The molecule has 2 rings (SSSR count). The number of carbonyl (C=O) groups excluding carboxylic acids is 2. The maximum absolute atomic E-state index is 12.9. The number of hydrogen-bond acceptors (Lipinski definition) is 3. The van der Waals surface area contributed by atoms with Crippen LogP contribution in [0, 0.1) is 0 Å². The molecular formula is C21H33N3O2. The first-order valence-corrected chi connectivity index (χ1v) is 9.86. The van der Waals surface area contributed by atoms with Crippen molar-refractivity contribution in [3.63, 3.8) is 0 Å². The van der Waals surface area contributed by atoms with E-state index in [0.29, 0.717) is 25.7 Å². The summed E-state index contributed by atoms with van der Waals surface area (Å²) < 4.78 is 0. The summed E-state index contributed by atoms with van der Waals surface area (Å²) in [5.74, 6) is -0.302. The van der Waals surface area contributed by atoms with Crippen LogP contribution in [-0.4, -0.2) is 47.8 Å². The highest BCUT2D eigenvalue weighted by atomic mass is 16.2. The molecule has 0 saturated heterocycles. The molecule has 0 radical (unpaired) electrons. The van der Waals surface area contributed by atoms with Crippen molar-refractivity contribution in [2.24, 2.45) is 5.73 Å². The van der Waals surface area contributed by atoms with Gasteiger partial charge in [-0.2, -0.15) is 0 Å². The molecule has 1 aliphatic carbocycles. The van der Waals surface area contributed by atoms with E-state index in [4.69, 9.17) is 5.73 Å². The van der Waals surface area contributed by atoms with Gasteiger partial charge in [-0.1, -0.05) is 62.4 Å². The van der Waals surface area contributed by atoms with E-state index in [2.05, 4.69) is 11.9 Å². The average Bonchev–Trinajstić information content (AvgIpc) is 2.58. The summed E-state index contributed by atoms with van der Waals surface area (Å²) in [6.07, 6.45) is 8.98. The van der Waals surface area contributed by atoms with Crippen molar-refractivity contribution >= 4 is 11.8 Å². The van der Waals surface area contributed by atoms with Crippen LogP contribution < -0.4 is 5.73 Å². The molecule has 0 spiro atoms. The maximum Gasteiger partial charge on any atom is 0.237 e. The predicted molar refractivity (Wildman–Crippen MR) is 104 cm³/mol. The van der Waals surface area contributed by atoms with Crippen LogP contribution in [0.15, 0.2) is 30.3 Å². The van der Waals surface area contributed by atoms with E-state index in [9.17, 15) is 9.59 Å². The van der Waals surface area contributed by atoms with Gasteiger partial charge in [-0.15, -0.1) is 0 Å². The van der Waals surface area contributed by atoms with Crippen LogP contribution in [0.2, 0.25) is 0 Å². The monoisotopic (exact) mass is 359 g/mol. The van der Waals surface area contributed by atoms with E-state index in [0.717, 1.165) is 5.56 Å². The van der Waals surface area contributed by atoms with E-state index in [1.807, 2.05) is 30.3 Å². The fourth-order valence-corrected chi connectivity index (χ4v) is 3.66. The standard InChI is InChI=1S/C21H33N3O2/c1-23(19-12-8-3-2-4-9-13-19)17-21(26)24(15-14-20(22)25)16-18-10-6-5-7-11-18/h5-7,10-11,19H,2-4,8-9,12-17H2,1H3,(H2,22,25). The molecule has 1 saturated carbocycles. The number of primary amides is 1. The molecule has 5 heteroatoms. The van der Waals surface area contributed by atoms with Gasteiger partial charge in [0.15, 0.2) is 0 Å². The SMILES string of the molecule is CN(CC(=O)N(CCC(N)=O)Cc1ccccc1)C1CCCCCCC1. The van der Waals surface area contributed by atoms with Gasteiger partial charge in [-0.25, -0.2) is 0 Å². The van der Waals surface area contributed by atoms with Crippen LogP contribution >= 0.6 is 0 Å². The molecule has 0 unspecified atom stereocenters. The summed E-state index contributed by atoms with van der Waals surface area (Å²) in [4.78, 5) is 28.1. The molecule has 0 aromatic heterocycles. The fraction of sp³-hybridized carbons (Fsp3) is 0.619. The van der Waals surface area contributed by atoms with Gasteiger partial charge in [0.1, 0.15) is 0 Å². The van der Waals surface area contributed by atoms with Crippen molar-refractivity contribution < 1.29 is 9.59 Å². The second kappa shape index (κ2) is 11.0. The number of carbonyl (C=O) groups is 2. The highest BCUT2D eigenvalue weighted by molar-refractivity contribution is 5.79. The summed E-state index contributed by atoms with van der Waals surface area (Å²) in [5.41, 5.74) is 6.37. The van der Waals surface area contributed by atoms with Gasteiger partial charge in [0.05, 0.1) is 6.54 Å². The van der Waals surface area contributed by atoms with Gasteiger partial charge >= 0.3 is 0 Å². The zero-order valence-electron chi connectivity index (χ0n) is 16.0. The minimum Gasteiger partial charge on any atom is -0.370 e. The van der Waals surface area contributed by atoms with Crippen LogP contribution in [0.4, 0.5) is 0 Å². The number of rotatable bonds is 8. The Balaban J connectivity index is 1.95. The van der Waals surface area contributed by atoms with Gasteiger partial charge in [0.25, 0.3) is 0 Å². The largest absolute Gasteiger partial charge is 0.370 e. The highest BCUT2D eigenvalue weighted by Gasteiger charge is 2.22. The van der Waals surface area contributed by atoms with Gasteiger partial charge in [-0.3, -0.25) is 14.5 Å². The molecule has 2 amide bonds. The fourth-order valence-electron chi connectivity index (χ4n) is 3.66. The lowest BCUT2D eigenvalue weighted by Crippen LogP contribution is -2.43. The lowest BCUT2D eigenvalue weighted by molar-refractivity contribution is -0.133. The Morgan fingerprint density at radius 2 is 1.65 bits per heavy atom. The molecule has 0 atom stereocenters. The second-order valence-electron chi connectivity index (χ2n) is 7.43. The van der Waals surface area contributed by atoms with Crippen molar-refractivity contribution in [2.45, 2.75) is 64.0 Å². The molecule has 0 heterocycles. The number of nitrogens with zero attached hydrogens (tertiary/aromatic N) is 2. The van der Waals surface area contributed by atoms with Crippen molar-refractivity contribution in [1.29, 1.82) is 0 Å². The summed E-state index contributed by atoms with van der Waals surface area (Å²) >= 11 is 0. The minimum absolute atomic E-state index is 0.0691. The highest BCUT2D eigenvalue weighted by Crippen LogP contribution is 2.20. The number of nitrogens with two attached hydrogens (primary N) is 1. The molecular weight excluding hydrogens is 326 g/mol. The third kappa shape index (κ3) is 7.16. The Bertz CT molecular complexity index is 554. The zero-order chi connectivity index (χ0) is 18.8. The van der Waals surface area contributed by atoms with Crippen molar-refractivity contribution in [1.82, 2.24) is 9.80 Å². The molecule has 0 aliphatic heterocycles. The Kier molecular flexibility index (Phi) is 8.62. The van der Waals surface area contributed by atoms with E-state index in [1.54, 1.807) is 4.90 Å². The van der Waals surface area contributed by atoms with Crippen LogP contribution in [0.3, 0.4) is 0 Å². The molecule has 1 aliphatic rings. The normalized spacial score (nSPS) is 16.1. The minimum atomic E-state index is -0.371. The molecule has 0 bridgehead atoms. The molecule has 5 nitrogen and oxygen atoms in total. The lowest BCUT2D eigenvalue weighted by Gasteiger charge is -2.31. The van der Waals surface area contributed by atoms with Crippen molar-refractivity contribution in [2.75, 3.05) is 20.1 Å². The third-order valence-electron chi connectivity index (χ3n) is 5.28. The van der Waals surface area contributed by atoms with Gasteiger partial charge < -0.3 is 10.6 Å². The van der Waals surface area contributed by atoms with Crippen molar-refractivity contribution in [3.05, 3.63) is 35.9 Å². The van der Waals surface area contributed by atoms with Crippen LogP contribution in [0.5, 0.6) is 0 Å². The van der Waals surface area contributed by atoms with Gasteiger partial charge in [0.2, 0.25) is 11.8 Å². The third-order valence-corrected chi connectivity index (χ3v) is 5.28. The van der Waals surface area contributed by atoms with Crippen LogP contribution in [0.25, 0.3) is 0 Å².